The molecule has 2 aromatic rings. The predicted octanol–water partition coefficient (Wildman–Crippen LogP) is 2.97. The molecule has 0 aliphatic carbocycles. The van der Waals surface area contributed by atoms with Gasteiger partial charge in [0, 0.05) is 57.3 Å². The second-order valence-electron chi connectivity index (χ2n) is 5.76. The molecule has 6 nitrogen and oxygen atoms in total. The van der Waals surface area contributed by atoms with Crippen molar-refractivity contribution in [1.82, 2.24) is 20.2 Å². The maximum absolute atomic E-state index is 4.68. The Bertz CT molecular complexity index is 600. The zero-order valence-electron chi connectivity index (χ0n) is 15.8. The Morgan fingerprint density at radius 3 is 2.65 bits per heavy atom. The van der Waals surface area contributed by atoms with Crippen LogP contribution >= 0.6 is 24.0 Å². The summed E-state index contributed by atoms with van der Waals surface area (Å²) < 4.78 is 2.05. The fourth-order valence-electron chi connectivity index (χ4n) is 2.63. The highest BCUT2D eigenvalue weighted by atomic mass is 127. The maximum atomic E-state index is 4.68. The van der Waals surface area contributed by atoms with Gasteiger partial charge in [-0.1, -0.05) is 18.2 Å². The molecule has 0 atom stereocenters. The summed E-state index contributed by atoms with van der Waals surface area (Å²) in [6.45, 7) is 9.68. The fraction of sp³-hybridized carbons (Fsp3) is 0.474. The van der Waals surface area contributed by atoms with E-state index in [1.807, 2.05) is 12.5 Å². The van der Waals surface area contributed by atoms with E-state index in [4.69, 9.17) is 0 Å². The molecule has 0 fully saturated rings. The molecule has 144 valence electrons. The Morgan fingerprint density at radius 2 is 2.00 bits per heavy atom. The van der Waals surface area contributed by atoms with Crippen LogP contribution in [0.2, 0.25) is 0 Å². The second kappa shape index (κ2) is 13.4. The summed E-state index contributed by atoms with van der Waals surface area (Å²) in [7, 11) is 0. The van der Waals surface area contributed by atoms with Crippen LogP contribution in [-0.4, -0.2) is 48.2 Å². The van der Waals surface area contributed by atoms with Crippen LogP contribution in [0.3, 0.4) is 0 Å². The van der Waals surface area contributed by atoms with Crippen LogP contribution in [0, 0.1) is 0 Å². The van der Waals surface area contributed by atoms with Crippen molar-refractivity contribution in [2.75, 3.05) is 37.6 Å². The van der Waals surface area contributed by atoms with Gasteiger partial charge in [0.2, 0.25) is 0 Å². The molecule has 0 aliphatic rings. The number of rotatable bonds is 10. The predicted molar refractivity (Wildman–Crippen MR) is 121 cm³/mol. The molecule has 1 heterocycles. The Kier molecular flexibility index (Phi) is 11.5. The second-order valence-corrected chi connectivity index (χ2v) is 5.76. The number of benzene rings is 1. The van der Waals surface area contributed by atoms with Crippen molar-refractivity contribution >= 4 is 35.6 Å². The van der Waals surface area contributed by atoms with E-state index in [-0.39, 0.29) is 24.0 Å². The molecular formula is C19H31IN6. The number of guanidine groups is 1. The van der Waals surface area contributed by atoms with Gasteiger partial charge < -0.3 is 20.1 Å². The van der Waals surface area contributed by atoms with Crippen molar-refractivity contribution in [2.24, 2.45) is 4.99 Å². The lowest BCUT2D eigenvalue weighted by atomic mass is 10.2. The zero-order chi connectivity index (χ0) is 17.7. The molecule has 26 heavy (non-hydrogen) atoms. The van der Waals surface area contributed by atoms with Gasteiger partial charge in [-0.3, -0.25) is 4.99 Å². The van der Waals surface area contributed by atoms with E-state index in [9.17, 15) is 0 Å². The van der Waals surface area contributed by atoms with Gasteiger partial charge in [-0.25, -0.2) is 4.98 Å². The van der Waals surface area contributed by atoms with Crippen LogP contribution in [-0.2, 0) is 6.54 Å². The average molecular weight is 470 g/mol. The minimum Gasteiger partial charge on any atom is -0.372 e. The number of para-hydroxylation sites is 1. The molecule has 0 spiro atoms. The zero-order valence-corrected chi connectivity index (χ0v) is 18.1. The van der Waals surface area contributed by atoms with Crippen molar-refractivity contribution in [2.45, 2.75) is 26.8 Å². The summed E-state index contributed by atoms with van der Waals surface area (Å²) in [6, 6.07) is 10.6. The summed E-state index contributed by atoms with van der Waals surface area (Å²) in [5.41, 5.74) is 1.28. The van der Waals surface area contributed by atoms with Gasteiger partial charge in [0.1, 0.15) is 0 Å². The first kappa shape index (κ1) is 22.3. The number of aliphatic imine (C=N–C) groups is 1. The van der Waals surface area contributed by atoms with E-state index in [1.165, 1.54) is 5.69 Å². The van der Waals surface area contributed by atoms with Crippen molar-refractivity contribution in [1.29, 1.82) is 0 Å². The first-order valence-electron chi connectivity index (χ1n) is 9.11. The van der Waals surface area contributed by atoms with Crippen LogP contribution in [0.4, 0.5) is 5.69 Å². The summed E-state index contributed by atoms with van der Waals surface area (Å²) in [6.07, 6.45) is 6.62. The van der Waals surface area contributed by atoms with Gasteiger partial charge in [0.15, 0.2) is 5.96 Å². The third-order valence-electron chi connectivity index (χ3n) is 3.92. The summed E-state index contributed by atoms with van der Waals surface area (Å²) in [5.74, 6) is 0.880. The van der Waals surface area contributed by atoms with E-state index in [0.29, 0.717) is 0 Å². The Hall–Kier alpha value is -1.77. The molecule has 0 amide bonds. The first-order chi connectivity index (χ1) is 12.3. The molecule has 0 unspecified atom stereocenters. The molecular weight excluding hydrogens is 439 g/mol. The standard InChI is InChI=1S/C19H30N6.HI/c1-3-21-19(23-13-16-24-15-12-20-17-24)22-11-8-14-25(4-2)18-9-6-5-7-10-18;/h5-7,9-10,12,15,17H,3-4,8,11,13-14,16H2,1-2H3,(H2,21,22,23);1H. The van der Waals surface area contributed by atoms with Gasteiger partial charge in [-0.15, -0.1) is 24.0 Å². The van der Waals surface area contributed by atoms with Crippen LogP contribution < -0.4 is 15.5 Å². The lowest BCUT2D eigenvalue weighted by molar-refractivity contribution is 0.660. The number of nitrogens with zero attached hydrogens (tertiary/aromatic N) is 4. The highest BCUT2D eigenvalue weighted by Gasteiger charge is 2.03. The van der Waals surface area contributed by atoms with Crippen molar-refractivity contribution in [3.8, 4) is 0 Å². The molecule has 2 N–H and O–H groups in total. The van der Waals surface area contributed by atoms with E-state index < -0.39 is 0 Å². The third-order valence-corrected chi connectivity index (χ3v) is 3.92. The number of imidazole rings is 1. The molecule has 0 saturated carbocycles. The number of aromatic nitrogens is 2. The molecule has 0 saturated heterocycles. The van der Waals surface area contributed by atoms with Gasteiger partial charge in [0.05, 0.1) is 6.33 Å². The van der Waals surface area contributed by atoms with E-state index in [1.54, 1.807) is 6.20 Å². The van der Waals surface area contributed by atoms with Crippen molar-refractivity contribution < 1.29 is 0 Å². The van der Waals surface area contributed by atoms with E-state index in [0.717, 1.165) is 51.6 Å². The Balaban J connectivity index is 0.00000338. The number of hydrogen-bond donors (Lipinski definition) is 2. The smallest absolute Gasteiger partial charge is 0.191 e. The largest absolute Gasteiger partial charge is 0.372 e. The van der Waals surface area contributed by atoms with E-state index >= 15 is 0 Å². The summed E-state index contributed by atoms with van der Waals surface area (Å²) in [4.78, 5) is 11.1. The van der Waals surface area contributed by atoms with Crippen LogP contribution in [0.25, 0.3) is 0 Å². The maximum Gasteiger partial charge on any atom is 0.191 e. The quantitative estimate of drug-likeness (QED) is 0.243. The number of hydrogen-bond acceptors (Lipinski definition) is 3. The monoisotopic (exact) mass is 470 g/mol. The highest BCUT2D eigenvalue weighted by Crippen LogP contribution is 2.12. The highest BCUT2D eigenvalue weighted by molar-refractivity contribution is 14.0. The van der Waals surface area contributed by atoms with Crippen molar-refractivity contribution in [3.63, 3.8) is 0 Å². The Labute approximate surface area is 174 Å². The van der Waals surface area contributed by atoms with Gasteiger partial charge in [0.25, 0.3) is 0 Å². The molecule has 0 bridgehead atoms. The fourth-order valence-corrected chi connectivity index (χ4v) is 2.63. The average Bonchev–Trinajstić information content (AvgIpc) is 3.16. The molecule has 0 aliphatic heterocycles. The summed E-state index contributed by atoms with van der Waals surface area (Å²) >= 11 is 0. The SMILES string of the molecule is CCNC(=NCCCN(CC)c1ccccc1)NCCn1ccnc1.I. The number of halogens is 1. The third kappa shape index (κ3) is 8.07. The Morgan fingerprint density at radius 1 is 1.19 bits per heavy atom. The topological polar surface area (TPSA) is 57.5 Å². The van der Waals surface area contributed by atoms with Crippen LogP contribution in [0.5, 0.6) is 0 Å². The van der Waals surface area contributed by atoms with Gasteiger partial charge in [-0.2, -0.15) is 0 Å². The van der Waals surface area contributed by atoms with Crippen molar-refractivity contribution in [3.05, 3.63) is 49.1 Å². The lowest BCUT2D eigenvalue weighted by Gasteiger charge is -2.22. The lowest BCUT2D eigenvalue weighted by Crippen LogP contribution is -2.39. The minimum atomic E-state index is 0. The molecule has 0 radical (unpaired) electrons. The molecule has 2 rings (SSSR count). The normalized spacial score (nSPS) is 10.9. The molecule has 1 aromatic carbocycles. The summed E-state index contributed by atoms with van der Waals surface area (Å²) in [5, 5.41) is 6.67. The van der Waals surface area contributed by atoms with Crippen LogP contribution in [0.1, 0.15) is 20.3 Å². The van der Waals surface area contributed by atoms with Crippen LogP contribution in [0.15, 0.2) is 54.0 Å². The minimum absolute atomic E-state index is 0. The number of anilines is 1. The van der Waals surface area contributed by atoms with E-state index in [2.05, 4.69) is 74.3 Å². The molecule has 1 aromatic heterocycles. The number of nitrogens with one attached hydrogen (secondary N) is 2. The van der Waals surface area contributed by atoms with Gasteiger partial charge >= 0.3 is 0 Å². The van der Waals surface area contributed by atoms with Gasteiger partial charge in [-0.05, 0) is 32.4 Å². The first-order valence-corrected chi connectivity index (χ1v) is 9.11. The molecule has 7 heteroatoms.